The van der Waals surface area contributed by atoms with Crippen LogP contribution in [0.3, 0.4) is 0 Å². The molecule has 0 heterocycles. The van der Waals surface area contributed by atoms with E-state index < -0.39 is 30.0 Å². The number of nitrogens with two attached hydrogens (primary N) is 1. The maximum atomic E-state index is 12.1. The van der Waals surface area contributed by atoms with Gasteiger partial charge in [0, 0.05) is 16.5 Å². The molecule has 4 N–H and O–H groups in total. The Morgan fingerprint density at radius 2 is 1.13 bits per heavy atom. The third-order valence-electron chi connectivity index (χ3n) is 5.63. The summed E-state index contributed by atoms with van der Waals surface area (Å²) in [5.74, 6) is 0. The van der Waals surface area contributed by atoms with Crippen molar-refractivity contribution < 1.29 is 25.9 Å². The third kappa shape index (κ3) is 5.92. The SMILES string of the molecule is Cc1cc(S(=O)(=O)O)c2cc(N=Nc3ccc(N=Nc4ccc(N)cc4C)cc3C)cc(S(=O)(=O)O)c2c1. The number of aryl methyl sites for hydroxylation is 3. The predicted molar refractivity (Wildman–Crippen MR) is 143 cm³/mol. The minimum Gasteiger partial charge on any atom is -0.399 e. The summed E-state index contributed by atoms with van der Waals surface area (Å²) in [6, 6.07) is 15.2. The number of rotatable bonds is 6. The largest absolute Gasteiger partial charge is 0.399 e. The molecule has 0 amide bonds. The summed E-state index contributed by atoms with van der Waals surface area (Å²) in [7, 11) is -9.48. The van der Waals surface area contributed by atoms with Crippen molar-refractivity contribution in [1.82, 2.24) is 0 Å². The van der Waals surface area contributed by atoms with E-state index in [0.717, 1.165) is 11.6 Å². The van der Waals surface area contributed by atoms with E-state index in [9.17, 15) is 25.9 Å². The fraction of sp³-hybridized carbons (Fsp3) is 0.120. The van der Waals surface area contributed by atoms with Gasteiger partial charge in [-0.15, -0.1) is 0 Å². The van der Waals surface area contributed by atoms with E-state index in [-0.39, 0.29) is 16.5 Å². The summed E-state index contributed by atoms with van der Waals surface area (Å²) >= 11 is 0. The summed E-state index contributed by atoms with van der Waals surface area (Å²) in [5.41, 5.74) is 9.93. The summed E-state index contributed by atoms with van der Waals surface area (Å²) in [6.07, 6.45) is 0. The van der Waals surface area contributed by atoms with Gasteiger partial charge in [-0.05, 0) is 98.1 Å². The standard InChI is InChI=1S/C25H23N5O6S2/c1-14-8-20-21(24(9-14)37(31,32)33)12-19(13-25(20)38(34,35)36)28-30-23-7-5-18(11-16(23)3)27-29-22-6-4-17(26)10-15(22)2/h4-13H,26H2,1-3H3,(H,31,32,33)(H,34,35,36). The van der Waals surface area contributed by atoms with Gasteiger partial charge in [-0.3, -0.25) is 9.11 Å². The Balaban J connectivity index is 1.73. The van der Waals surface area contributed by atoms with Crippen LogP contribution in [0.5, 0.6) is 0 Å². The van der Waals surface area contributed by atoms with E-state index >= 15 is 0 Å². The molecule has 0 aliphatic rings. The maximum absolute atomic E-state index is 12.1. The third-order valence-corrected chi connectivity index (χ3v) is 7.41. The first-order chi connectivity index (χ1) is 17.7. The minimum atomic E-state index is -4.77. The Morgan fingerprint density at radius 3 is 1.71 bits per heavy atom. The Morgan fingerprint density at radius 1 is 0.605 bits per heavy atom. The normalized spacial score (nSPS) is 12.7. The second kappa shape index (κ2) is 10.0. The number of nitrogen functional groups attached to an aromatic ring is 1. The lowest BCUT2D eigenvalue weighted by Crippen LogP contribution is -2.03. The number of hydrogen-bond donors (Lipinski definition) is 3. The molecule has 0 bridgehead atoms. The Kier molecular flexibility index (Phi) is 7.12. The van der Waals surface area contributed by atoms with Crippen LogP contribution >= 0.6 is 0 Å². The van der Waals surface area contributed by atoms with Crippen molar-refractivity contribution in [2.75, 3.05) is 5.73 Å². The molecule has 4 aromatic rings. The van der Waals surface area contributed by atoms with Crippen LogP contribution in [0.2, 0.25) is 0 Å². The van der Waals surface area contributed by atoms with Crippen molar-refractivity contribution in [2.24, 2.45) is 20.5 Å². The molecule has 0 spiro atoms. The van der Waals surface area contributed by atoms with Gasteiger partial charge in [0.15, 0.2) is 0 Å². The Hall–Kier alpha value is -4.04. The molecule has 0 fully saturated rings. The molecule has 13 heteroatoms. The zero-order chi connectivity index (χ0) is 27.8. The average Bonchev–Trinajstić information content (AvgIpc) is 2.81. The molecule has 0 radical (unpaired) electrons. The molecule has 0 unspecified atom stereocenters. The van der Waals surface area contributed by atoms with Gasteiger partial charge < -0.3 is 5.73 Å². The van der Waals surface area contributed by atoms with Gasteiger partial charge >= 0.3 is 0 Å². The van der Waals surface area contributed by atoms with E-state index in [4.69, 9.17) is 5.73 Å². The van der Waals surface area contributed by atoms with Gasteiger partial charge in [-0.2, -0.15) is 37.3 Å². The molecule has 11 nitrogen and oxygen atoms in total. The van der Waals surface area contributed by atoms with E-state index in [1.807, 2.05) is 6.92 Å². The monoisotopic (exact) mass is 553 g/mol. The van der Waals surface area contributed by atoms with Crippen molar-refractivity contribution in [2.45, 2.75) is 30.6 Å². The molecule has 38 heavy (non-hydrogen) atoms. The van der Waals surface area contributed by atoms with Gasteiger partial charge in [-0.1, -0.05) is 0 Å². The first-order valence-electron chi connectivity index (χ1n) is 11.1. The van der Waals surface area contributed by atoms with Crippen LogP contribution < -0.4 is 5.73 Å². The Bertz CT molecular complexity index is 1870. The van der Waals surface area contributed by atoms with Crippen molar-refractivity contribution in [1.29, 1.82) is 0 Å². The van der Waals surface area contributed by atoms with E-state index in [1.165, 1.54) is 25.1 Å². The molecule has 196 valence electrons. The quantitative estimate of drug-likeness (QED) is 0.135. The second-order valence-corrected chi connectivity index (χ2v) is 11.4. The van der Waals surface area contributed by atoms with Crippen LogP contribution in [0, 0.1) is 20.8 Å². The summed E-state index contributed by atoms with van der Waals surface area (Å²) in [5, 5.41) is 16.5. The first kappa shape index (κ1) is 27.0. The van der Waals surface area contributed by atoms with Gasteiger partial charge in [0.05, 0.1) is 22.7 Å². The van der Waals surface area contributed by atoms with Crippen LogP contribution in [0.15, 0.2) is 90.9 Å². The van der Waals surface area contributed by atoms with Gasteiger partial charge in [0.2, 0.25) is 0 Å². The zero-order valence-corrected chi connectivity index (χ0v) is 22.1. The number of anilines is 1. The lowest BCUT2D eigenvalue weighted by atomic mass is 10.1. The van der Waals surface area contributed by atoms with E-state index in [0.29, 0.717) is 33.9 Å². The molecule has 0 aliphatic carbocycles. The summed E-state index contributed by atoms with van der Waals surface area (Å²) in [4.78, 5) is -1.08. The molecular formula is C25H23N5O6S2. The fourth-order valence-corrected chi connectivity index (χ4v) is 5.33. The smallest absolute Gasteiger partial charge is 0.295 e. The zero-order valence-electron chi connectivity index (χ0n) is 20.5. The molecule has 4 aromatic carbocycles. The van der Waals surface area contributed by atoms with Gasteiger partial charge in [0.1, 0.15) is 9.79 Å². The highest BCUT2D eigenvalue weighted by Crippen LogP contribution is 2.35. The van der Waals surface area contributed by atoms with Crippen LogP contribution in [0.1, 0.15) is 16.7 Å². The Labute approximate surface area is 219 Å². The highest BCUT2D eigenvalue weighted by molar-refractivity contribution is 7.86. The lowest BCUT2D eigenvalue weighted by Gasteiger charge is -2.10. The highest BCUT2D eigenvalue weighted by atomic mass is 32.2. The van der Waals surface area contributed by atoms with E-state index in [1.54, 1.807) is 43.3 Å². The minimum absolute atomic E-state index is 0.0548. The molecule has 0 atom stereocenters. The lowest BCUT2D eigenvalue weighted by molar-refractivity contribution is 0.481. The van der Waals surface area contributed by atoms with Crippen molar-refractivity contribution in [3.8, 4) is 0 Å². The van der Waals surface area contributed by atoms with Crippen LogP contribution in [0.4, 0.5) is 28.4 Å². The van der Waals surface area contributed by atoms with Crippen LogP contribution in [-0.2, 0) is 20.2 Å². The van der Waals surface area contributed by atoms with Crippen molar-refractivity contribution in [3.05, 3.63) is 77.4 Å². The van der Waals surface area contributed by atoms with Crippen molar-refractivity contribution in [3.63, 3.8) is 0 Å². The van der Waals surface area contributed by atoms with E-state index in [2.05, 4.69) is 20.5 Å². The molecule has 0 aromatic heterocycles. The number of benzene rings is 4. The van der Waals surface area contributed by atoms with Gasteiger partial charge in [-0.25, -0.2) is 0 Å². The summed E-state index contributed by atoms with van der Waals surface area (Å²) < 4.78 is 67.6. The number of hydrogen-bond acceptors (Lipinski definition) is 9. The van der Waals surface area contributed by atoms with Crippen LogP contribution in [-0.4, -0.2) is 25.9 Å². The second-order valence-electron chi connectivity index (χ2n) is 8.67. The predicted octanol–water partition coefficient (Wildman–Crippen LogP) is 6.67. The molecule has 0 aliphatic heterocycles. The van der Waals surface area contributed by atoms with Gasteiger partial charge in [0.25, 0.3) is 20.2 Å². The van der Waals surface area contributed by atoms with Crippen LogP contribution in [0.25, 0.3) is 10.8 Å². The molecular weight excluding hydrogens is 530 g/mol. The molecule has 4 rings (SSSR count). The molecule has 0 saturated carbocycles. The average molecular weight is 554 g/mol. The highest BCUT2D eigenvalue weighted by Gasteiger charge is 2.22. The summed E-state index contributed by atoms with van der Waals surface area (Å²) in [6.45, 7) is 5.17. The van der Waals surface area contributed by atoms with Crippen molar-refractivity contribution >= 4 is 59.4 Å². The fourth-order valence-electron chi connectivity index (χ4n) is 3.83. The first-order valence-corrected chi connectivity index (χ1v) is 13.9. The number of fused-ring (bicyclic) bond motifs is 1. The molecule has 0 saturated heterocycles. The number of azo groups is 2. The number of nitrogens with zero attached hydrogens (tertiary/aromatic N) is 4. The topological polar surface area (TPSA) is 184 Å². The maximum Gasteiger partial charge on any atom is 0.295 e.